The van der Waals surface area contributed by atoms with Gasteiger partial charge in [0.1, 0.15) is 0 Å². The first-order chi connectivity index (χ1) is 3.93. The van der Waals surface area contributed by atoms with Gasteiger partial charge in [0.15, 0.2) is 0 Å². The van der Waals surface area contributed by atoms with Crippen molar-refractivity contribution in [1.82, 2.24) is 10.2 Å². The summed E-state index contributed by atoms with van der Waals surface area (Å²) in [7, 11) is 0. The molecule has 1 radical (unpaired) electrons. The molecule has 0 saturated heterocycles. The summed E-state index contributed by atoms with van der Waals surface area (Å²) in [5, 5.41) is 9.00. The number of hydrogen-bond donors (Lipinski definition) is 1. The van der Waals surface area contributed by atoms with E-state index in [0.717, 1.165) is 5.56 Å². The second-order valence-electron chi connectivity index (χ2n) is 1.43. The normalized spacial score (nSPS) is 9.00. The molecule has 1 aromatic heterocycles. The topological polar surface area (TPSA) is 28.7 Å². The van der Waals surface area contributed by atoms with E-state index >= 15 is 0 Å². The van der Waals surface area contributed by atoms with E-state index in [4.69, 9.17) is 0 Å². The van der Waals surface area contributed by atoms with Gasteiger partial charge >= 0.3 is 0 Å². The number of thiocarbonyl (C=S) groups is 1. The fourth-order valence-electron chi connectivity index (χ4n) is 0.458. The van der Waals surface area contributed by atoms with E-state index in [1.165, 1.54) is 0 Å². The summed E-state index contributed by atoms with van der Waals surface area (Å²) in [4.78, 5) is 0. The van der Waals surface area contributed by atoms with Gasteiger partial charge < -0.3 is 0 Å². The van der Waals surface area contributed by atoms with Crippen LogP contribution in [0.4, 0.5) is 0 Å². The maximum Gasteiger partial charge on any atom is 0.0522 e. The summed E-state index contributed by atoms with van der Waals surface area (Å²) < 4.78 is 0. The molecule has 0 saturated carbocycles. The Bertz CT molecular complexity index is 157. The van der Waals surface area contributed by atoms with Crippen molar-refractivity contribution in [2.75, 3.05) is 0 Å². The van der Waals surface area contributed by atoms with Gasteiger partial charge in [-0.25, -0.2) is 0 Å². The highest BCUT2D eigenvalue weighted by Gasteiger charge is 1.86. The number of nitrogens with one attached hydrogen (secondary N) is 1. The largest absolute Gasteiger partial charge is 0.285 e. The van der Waals surface area contributed by atoms with Gasteiger partial charge in [-0.1, -0.05) is 12.2 Å². The Hall–Kier alpha value is -0.700. The molecule has 0 aromatic carbocycles. The number of aromatic amines is 1. The molecule has 1 aromatic rings. The number of hydrogen-bond acceptors (Lipinski definition) is 2. The summed E-state index contributed by atoms with van der Waals surface area (Å²) in [6.45, 7) is 0. The lowest BCUT2D eigenvalue weighted by atomic mass is 10.3. The van der Waals surface area contributed by atoms with E-state index in [9.17, 15) is 0 Å². The lowest BCUT2D eigenvalue weighted by molar-refractivity contribution is 1.09. The summed E-state index contributed by atoms with van der Waals surface area (Å²) in [6.07, 6.45) is 4.24. The number of rotatable bonds is 2. The van der Waals surface area contributed by atoms with Gasteiger partial charge in [-0.3, -0.25) is 5.10 Å². The standard InChI is InChI=1S/C5H5N2S/c8-2-1-5-3-6-7-4-5/h3-4H,1H2,(H,6,7). The summed E-state index contributed by atoms with van der Waals surface area (Å²) in [5.74, 6) is 0. The fraction of sp³-hybridized carbons (Fsp3) is 0.200. The second-order valence-corrected chi connectivity index (χ2v) is 1.72. The van der Waals surface area contributed by atoms with Crippen LogP contribution in [0.2, 0.25) is 0 Å². The van der Waals surface area contributed by atoms with Crippen LogP contribution in [-0.2, 0) is 6.42 Å². The first-order valence-corrected chi connectivity index (χ1v) is 2.67. The van der Waals surface area contributed by atoms with E-state index in [1.54, 1.807) is 12.4 Å². The molecular formula is C5H5N2S. The maximum absolute atomic E-state index is 4.51. The van der Waals surface area contributed by atoms with Gasteiger partial charge in [0, 0.05) is 18.0 Å². The van der Waals surface area contributed by atoms with Crippen LogP contribution in [-0.4, -0.2) is 15.6 Å². The van der Waals surface area contributed by atoms with Gasteiger partial charge in [-0.05, 0) is 5.56 Å². The molecule has 0 amide bonds. The highest BCUT2D eigenvalue weighted by molar-refractivity contribution is 7.78. The van der Waals surface area contributed by atoms with Crippen molar-refractivity contribution in [3.8, 4) is 0 Å². The molecule has 0 aliphatic carbocycles. The molecule has 1 heterocycles. The quantitative estimate of drug-likeness (QED) is 0.593. The minimum absolute atomic E-state index is 0.700. The van der Waals surface area contributed by atoms with E-state index < -0.39 is 0 Å². The van der Waals surface area contributed by atoms with Crippen molar-refractivity contribution in [3.63, 3.8) is 0 Å². The molecule has 0 aliphatic heterocycles. The summed E-state index contributed by atoms with van der Waals surface area (Å²) in [5.41, 5.74) is 1.08. The van der Waals surface area contributed by atoms with Crippen LogP contribution in [0.25, 0.3) is 0 Å². The average Bonchev–Trinajstić information content (AvgIpc) is 2.19. The highest BCUT2D eigenvalue weighted by atomic mass is 32.1. The molecule has 0 spiro atoms. The molecule has 0 bridgehead atoms. The van der Waals surface area contributed by atoms with Crippen molar-refractivity contribution in [2.24, 2.45) is 0 Å². The lowest BCUT2D eigenvalue weighted by Gasteiger charge is -1.77. The molecular weight excluding hydrogens is 120 g/mol. The van der Waals surface area contributed by atoms with Crippen LogP contribution < -0.4 is 0 Å². The summed E-state index contributed by atoms with van der Waals surface area (Å²) >= 11 is 4.51. The Kier molecular flexibility index (Phi) is 1.75. The van der Waals surface area contributed by atoms with Crippen molar-refractivity contribution in [2.45, 2.75) is 6.42 Å². The number of nitrogens with zero attached hydrogens (tertiary/aromatic N) is 1. The predicted molar refractivity (Wildman–Crippen MR) is 34.9 cm³/mol. The van der Waals surface area contributed by atoms with E-state index in [1.807, 2.05) is 0 Å². The van der Waals surface area contributed by atoms with Crippen LogP contribution in [0.1, 0.15) is 5.56 Å². The van der Waals surface area contributed by atoms with Crippen LogP contribution in [0.15, 0.2) is 12.4 Å². The van der Waals surface area contributed by atoms with Crippen LogP contribution in [0.3, 0.4) is 0 Å². The van der Waals surface area contributed by atoms with Gasteiger partial charge in [-0.2, -0.15) is 5.10 Å². The molecule has 1 rings (SSSR count). The molecule has 0 fully saturated rings. The Balaban J connectivity index is 2.62. The summed E-state index contributed by atoms with van der Waals surface area (Å²) in [6, 6.07) is 0. The highest BCUT2D eigenvalue weighted by Crippen LogP contribution is 1.91. The molecule has 41 valence electrons. The van der Waals surface area contributed by atoms with Crippen molar-refractivity contribution in [1.29, 1.82) is 0 Å². The molecule has 2 nitrogen and oxygen atoms in total. The third-order valence-electron chi connectivity index (χ3n) is 0.831. The van der Waals surface area contributed by atoms with Crippen LogP contribution in [0.5, 0.6) is 0 Å². The zero-order chi connectivity index (χ0) is 5.82. The van der Waals surface area contributed by atoms with Crippen molar-refractivity contribution >= 4 is 17.6 Å². The first kappa shape index (κ1) is 5.44. The Labute approximate surface area is 52.9 Å². The van der Waals surface area contributed by atoms with E-state index in [-0.39, 0.29) is 0 Å². The van der Waals surface area contributed by atoms with Gasteiger partial charge in [0.2, 0.25) is 0 Å². The molecule has 1 N–H and O–H groups in total. The minimum atomic E-state index is 0.700. The lowest BCUT2D eigenvalue weighted by Crippen LogP contribution is -1.76. The Morgan fingerprint density at radius 1 is 1.88 bits per heavy atom. The number of aromatic nitrogens is 2. The smallest absolute Gasteiger partial charge is 0.0522 e. The van der Waals surface area contributed by atoms with Crippen LogP contribution in [0, 0.1) is 0 Å². The van der Waals surface area contributed by atoms with Gasteiger partial charge in [0.25, 0.3) is 0 Å². The Morgan fingerprint density at radius 2 is 2.75 bits per heavy atom. The zero-order valence-corrected chi connectivity index (χ0v) is 5.03. The predicted octanol–water partition coefficient (Wildman–Crippen LogP) is 0.829. The molecule has 0 atom stereocenters. The molecule has 0 aliphatic rings. The van der Waals surface area contributed by atoms with Crippen molar-refractivity contribution in [3.05, 3.63) is 18.0 Å². The van der Waals surface area contributed by atoms with Gasteiger partial charge in [-0.15, -0.1) is 0 Å². The fourth-order valence-corrected chi connectivity index (χ4v) is 0.624. The van der Waals surface area contributed by atoms with E-state index in [2.05, 4.69) is 27.8 Å². The third-order valence-corrected chi connectivity index (χ3v) is 0.975. The number of H-pyrrole nitrogens is 1. The Morgan fingerprint density at radius 3 is 3.25 bits per heavy atom. The zero-order valence-electron chi connectivity index (χ0n) is 4.22. The monoisotopic (exact) mass is 125 g/mol. The first-order valence-electron chi connectivity index (χ1n) is 2.26. The molecule has 8 heavy (non-hydrogen) atoms. The third kappa shape index (κ3) is 1.13. The molecule has 3 heteroatoms. The SMILES string of the molecule is S=[C]Cc1cn[nH]c1. The maximum atomic E-state index is 4.51. The molecule has 0 unspecified atom stereocenters. The minimum Gasteiger partial charge on any atom is -0.285 e. The van der Waals surface area contributed by atoms with Crippen LogP contribution >= 0.6 is 12.2 Å². The van der Waals surface area contributed by atoms with Crippen molar-refractivity contribution < 1.29 is 0 Å². The second kappa shape index (κ2) is 2.57. The van der Waals surface area contributed by atoms with Gasteiger partial charge in [0.05, 0.1) is 6.20 Å². The average molecular weight is 125 g/mol. The van der Waals surface area contributed by atoms with E-state index in [0.29, 0.717) is 6.42 Å².